The second-order valence-electron chi connectivity index (χ2n) is 5.43. The molecule has 0 saturated carbocycles. The largest absolute Gasteiger partial charge is 0.343 e. The minimum absolute atomic E-state index is 0.0779. The maximum Gasteiger partial charge on any atom is 0.224 e. The van der Waals surface area contributed by atoms with Gasteiger partial charge in [-0.2, -0.15) is 0 Å². The van der Waals surface area contributed by atoms with E-state index in [1.54, 1.807) is 18.2 Å². The highest BCUT2D eigenvalue weighted by Gasteiger charge is 2.21. The summed E-state index contributed by atoms with van der Waals surface area (Å²) in [6.45, 7) is 3.36. The second kappa shape index (κ2) is 7.84. The molecular formula is C16H20Cl2N2O2. The number of carbonyl (C=O) groups is 2. The van der Waals surface area contributed by atoms with Crippen molar-refractivity contribution in [1.29, 1.82) is 0 Å². The van der Waals surface area contributed by atoms with Gasteiger partial charge in [0.15, 0.2) is 0 Å². The summed E-state index contributed by atoms with van der Waals surface area (Å²) < 4.78 is 0. The monoisotopic (exact) mass is 342 g/mol. The average Bonchev–Trinajstić information content (AvgIpc) is 2.50. The van der Waals surface area contributed by atoms with Crippen molar-refractivity contribution >= 4 is 40.7 Å². The van der Waals surface area contributed by atoms with Crippen molar-refractivity contribution in [3.63, 3.8) is 0 Å². The smallest absolute Gasteiger partial charge is 0.224 e. The Balaban J connectivity index is 2.06. The quantitative estimate of drug-likeness (QED) is 0.835. The van der Waals surface area contributed by atoms with Gasteiger partial charge in [0.25, 0.3) is 0 Å². The lowest BCUT2D eigenvalue weighted by Crippen LogP contribution is -2.39. The van der Waals surface area contributed by atoms with Crippen LogP contribution >= 0.6 is 23.2 Å². The Labute approximate surface area is 141 Å². The molecule has 0 N–H and O–H groups in total. The van der Waals surface area contributed by atoms with Crippen molar-refractivity contribution in [1.82, 2.24) is 4.90 Å². The molecule has 0 aromatic heterocycles. The number of halogens is 2. The van der Waals surface area contributed by atoms with Crippen LogP contribution in [-0.4, -0.2) is 36.3 Å². The fourth-order valence-electron chi connectivity index (χ4n) is 2.68. The molecule has 0 spiro atoms. The number of hydrogen-bond donors (Lipinski definition) is 0. The number of piperidine rings is 1. The zero-order valence-corrected chi connectivity index (χ0v) is 14.2. The Hall–Kier alpha value is -1.26. The molecule has 0 radical (unpaired) electrons. The molecule has 0 aliphatic carbocycles. The summed E-state index contributed by atoms with van der Waals surface area (Å²) in [4.78, 5) is 27.5. The van der Waals surface area contributed by atoms with Gasteiger partial charge >= 0.3 is 0 Å². The van der Waals surface area contributed by atoms with Crippen LogP contribution in [0.5, 0.6) is 0 Å². The number of hydrogen-bond acceptors (Lipinski definition) is 2. The van der Waals surface area contributed by atoms with Crippen molar-refractivity contribution in [2.24, 2.45) is 0 Å². The number of amides is 2. The first-order valence-electron chi connectivity index (χ1n) is 7.50. The predicted octanol–water partition coefficient (Wildman–Crippen LogP) is 3.75. The van der Waals surface area contributed by atoms with E-state index in [4.69, 9.17) is 23.2 Å². The Bertz CT molecular complexity index is 537. The molecule has 0 atom stereocenters. The van der Waals surface area contributed by atoms with Gasteiger partial charge in [0.1, 0.15) is 0 Å². The summed E-state index contributed by atoms with van der Waals surface area (Å²) in [6.07, 6.45) is 3.57. The number of benzene rings is 1. The van der Waals surface area contributed by atoms with Crippen molar-refractivity contribution < 1.29 is 9.59 Å². The van der Waals surface area contributed by atoms with E-state index in [1.165, 1.54) is 18.2 Å². The molecule has 1 aromatic carbocycles. The van der Waals surface area contributed by atoms with Crippen LogP contribution in [0.2, 0.25) is 10.0 Å². The third-order valence-corrected chi connectivity index (χ3v) is 4.46. The van der Waals surface area contributed by atoms with Gasteiger partial charge in [-0.05, 0) is 31.4 Å². The van der Waals surface area contributed by atoms with Crippen LogP contribution < -0.4 is 4.90 Å². The van der Waals surface area contributed by atoms with Gasteiger partial charge in [-0.15, -0.1) is 0 Å². The Kier molecular flexibility index (Phi) is 6.09. The molecule has 4 nitrogen and oxygen atoms in total. The molecule has 2 amide bonds. The first-order valence-corrected chi connectivity index (χ1v) is 8.26. The molecule has 1 saturated heterocycles. The molecule has 2 rings (SSSR count). The summed E-state index contributed by atoms with van der Waals surface area (Å²) in [5.74, 6) is -0.101. The van der Waals surface area contributed by atoms with Crippen molar-refractivity contribution in [2.45, 2.75) is 32.6 Å². The molecule has 120 valence electrons. The summed E-state index contributed by atoms with van der Waals surface area (Å²) in [7, 11) is 0. The normalized spacial score (nSPS) is 14.8. The number of likely N-dealkylation sites (tertiary alicyclic amines) is 1. The van der Waals surface area contributed by atoms with E-state index in [0.29, 0.717) is 15.7 Å². The average molecular weight is 343 g/mol. The van der Waals surface area contributed by atoms with Gasteiger partial charge in [0, 0.05) is 33.0 Å². The molecule has 6 heteroatoms. The fourth-order valence-corrected chi connectivity index (χ4v) is 3.28. The standard InChI is InChI=1S/C16H20Cl2N2O2/c1-12(21)20(16-13(17)6-5-7-14(16)18)11-8-15(22)19-9-3-2-4-10-19/h5-7H,2-4,8-11H2,1H3. The van der Waals surface area contributed by atoms with E-state index >= 15 is 0 Å². The van der Waals surface area contributed by atoms with Crippen LogP contribution in [-0.2, 0) is 9.59 Å². The zero-order valence-electron chi connectivity index (χ0n) is 12.6. The minimum Gasteiger partial charge on any atom is -0.343 e. The van der Waals surface area contributed by atoms with Crippen LogP contribution in [0.3, 0.4) is 0 Å². The summed E-state index contributed by atoms with van der Waals surface area (Å²) in [5.41, 5.74) is 0.477. The van der Waals surface area contributed by atoms with E-state index in [0.717, 1.165) is 25.9 Å². The van der Waals surface area contributed by atoms with Crippen molar-refractivity contribution in [3.8, 4) is 0 Å². The number of nitrogens with zero attached hydrogens (tertiary/aromatic N) is 2. The van der Waals surface area contributed by atoms with E-state index in [9.17, 15) is 9.59 Å². The SMILES string of the molecule is CC(=O)N(CCC(=O)N1CCCCC1)c1c(Cl)cccc1Cl. The molecule has 0 bridgehead atoms. The minimum atomic E-state index is -0.179. The van der Waals surface area contributed by atoms with Gasteiger partial charge in [-0.3, -0.25) is 9.59 Å². The highest BCUT2D eigenvalue weighted by atomic mass is 35.5. The molecule has 1 aromatic rings. The van der Waals surface area contributed by atoms with Crippen LogP contribution in [0.15, 0.2) is 18.2 Å². The number of para-hydroxylation sites is 1. The molecule has 1 aliphatic heterocycles. The van der Waals surface area contributed by atoms with Crippen LogP contribution in [0.1, 0.15) is 32.6 Å². The lowest BCUT2D eigenvalue weighted by atomic mass is 10.1. The van der Waals surface area contributed by atoms with Crippen LogP contribution in [0, 0.1) is 0 Å². The first-order chi connectivity index (χ1) is 10.5. The van der Waals surface area contributed by atoms with Crippen LogP contribution in [0.4, 0.5) is 5.69 Å². The fraction of sp³-hybridized carbons (Fsp3) is 0.500. The van der Waals surface area contributed by atoms with Crippen molar-refractivity contribution in [2.75, 3.05) is 24.5 Å². The van der Waals surface area contributed by atoms with E-state index < -0.39 is 0 Å². The lowest BCUT2D eigenvalue weighted by molar-refractivity contribution is -0.131. The highest BCUT2D eigenvalue weighted by molar-refractivity contribution is 6.39. The van der Waals surface area contributed by atoms with E-state index in [1.807, 2.05) is 4.90 Å². The third kappa shape index (κ3) is 4.14. The summed E-state index contributed by atoms with van der Waals surface area (Å²) in [5, 5.41) is 0.821. The Morgan fingerprint density at radius 1 is 1.14 bits per heavy atom. The number of carbonyl (C=O) groups excluding carboxylic acids is 2. The van der Waals surface area contributed by atoms with Gasteiger partial charge in [-0.1, -0.05) is 29.3 Å². The van der Waals surface area contributed by atoms with E-state index in [-0.39, 0.29) is 24.8 Å². The third-order valence-electron chi connectivity index (χ3n) is 3.85. The number of rotatable bonds is 4. The molecule has 1 fully saturated rings. The van der Waals surface area contributed by atoms with Gasteiger partial charge in [-0.25, -0.2) is 0 Å². The molecular weight excluding hydrogens is 323 g/mol. The molecule has 1 aliphatic rings. The molecule has 0 unspecified atom stereocenters. The Morgan fingerprint density at radius 2 is 1.73 bits per heavy atom. The number of anilines is 1. The lowest BCUT2D eigenvalue weighted by Gasteiger charge is -2.28. The Morgan fingerprint density at radius 3 is 2.27 bits per heavy atom. The van der Waals surface area contributed by atoms with Crippen LogP contribution in [0.25, 0.3) is 0 Å². The second-order valence-corrected chi connectivity index (χ2v) is 6.25. The predicted molar refractivity (Wildman–Crippen MR) is 89.5 cm³/mol. The maximum atomic E-state index is 12.2. The summed E-state index contributed by atoms with van der Waals surface area (Å²) >= 11 is 12.3. The highest BCUT2D eigenvalue weighted by Crippen LogP contribution is 2.33. The maximum absolute atomic E-state index is 12.2. The van der Waals surface area contributed by atoms with E-state index in [2.05, 4.69) is 0 Å². The van der Waals surface area contributed by atoms with Gasteiger partial charge < -0.3 is 9.80 Å². The first kappa shape index (κ1) is 17.1. The zero-order chi connectivity index (χ0) is 16.1. The topological polar surface area (TPSA) is 40.6 Å². The summed E-state index contributed by atoms with van der Waals surface area (Å²) in [6, 6.07) is 5.10. The van der Waals surface area contributed by atoms with Gasteiger partial charge in [0.2, 0.25) is 11.8 Å². The van der Waals surface area contributed by atoms with Crippen molar-refractivity contribution in [3.05, 3.63) is 28.2 Å². The molecule has 22 heavy (non-hydrogen) atoms. The van der Waals surface area contributed by atoms with Gasteiger partial charge in [0.05, 0.1) is 15.7 Å². The molecule has 1 heterocycles.